The molecule has 4 N–H and O–H groups in total. The van der Waals surface area contributed by atoms with Crippen LogP contribution in [0.3, 0.4) is 0 Å². The minimum Gasteiger partial charge on any atom is -0.394 e. The average Bonchev–Trinajstić information content (AvgIpc) is 3.33. The van der Waals surface area contributed by atoms with Gasteiger partial charge in [-0.1, -0.05) is 20.8 Å². The van der Waals surface area contributed by atoms with Gasteiger partial charge in [-0.05, 0) is 31.4 Å². The first-order valence-corrected chi connectivity index (χ1v) is 10.6. The standard InChI is InChI=1S/C21H27N5O3S/c1-11(10-27)24-20(29)16-7-6-15(30-16)14-9-23-18-17(26-14)13(8-22-18)19(28)25-12(2)21(3,4)5/h6-9,11-12,27H,10H2,1-5H3,(H,22,23)(H,24,29)(H,25,28)/t11-,12+/m1/s1. The summed E-state index contributed by atoms with van der Waals surface area (Å²) < 4.78 is 0. The van der Waals surface area contributed by atoms with Crippen LogP contribution in [0.4, 0.5) is 0 Å². The van der Waals surface area contributed by atoms with Crippen LogP contribution in [0, 0.1) is 5.41 Å². The number of aromatic nitrogens is 3. The van der Waals surface area contributed by atoms with Gasteiger partial charge < -0.3 is 20.7 Å². The Balaban J connectivity index is 1.86. The summed E-state index contributed by atoms with van der Waals surface area (Å²) in [6.45, 7) is 9.77. The Bertz CT molecular complexity index is 1070. The number of aliphatic hydroxyl groups excluding tert-OH is 1. The Morgan fingerprint density at radius 1 is 1.20 bits per heavy atom. The summed E-state index contributed by atoms with van der Waals surface area (Å²) in [7, 11) is 0. The van der Waals surface area contributed by atoms with E-state index < -0.39 is 0 Å². The number of fused-ring (bicyclic) bond motifs is 1. The van der Waals surface area contributed by atoms with Crippen molar-refractivity contribution in [3.8, 4) is 10.6 Å². The predicted molar refractivity (Wildman–Crippen MR) is 118 cm³/mol. The van der Waals surface area contributed by atoms with Crippen LogP contribution < -0.4 is 10.6 Å². The summed E-state index contributed by atoms with van der Waals surface area (Å²) in [6, 6.07) is 3.16. The van der Waals surface area contributed by atoms with Crippen molar-refractivity contribution in [3.63, 3.8) is 0 Å². The highest BCUT2D eigenvalue weighted by Gasteiger charge is 2.24. The van der Waals surface area contributed by atoms with Gasteiger partial charge in [-0.15, -0.1) is 11.3 Å². The van der Waals surface area contributed by atoms with E-state index in [4.69, 9.17) is 5.11 Å². The molecular weight excluding hydrogens is 402 g/mol. The molecule has 3 aromatic rings. The molecule has 0 radical (unpaired) electrons. The molecule has 2 amide bonds. The molecule has 160 valence electrons. The Morgan fingerprint density at radius 3 is 2.60 bits per heavy atom. The fraction of sp³-hybridized carbons (Fsp3) is 0.429. The van der Waals surface area contributed by atoms with Crippen LogP contribution in [0.2, 0.25) is 0 Å². The quantitative estimate of drug-likeness (QED) is 0.480. The number of nitrogens with zero attached hydrogens (tertiary/aromatic N) is 2. The maximum absolute atomic E-state index is 12.8. The predicted octanol–water partition coefficient (Wildman–Crippen LogP) is 2.96. The molecule has 0 aliphatic rings. The van der Waals surface area contributed by atoms with E-state index in [1.807, 2.05) is 6.92 Å². The van der Waals surface area contributed by atoms with Crippen LogP contribution >= 0.6 is 11.3 Å². The zero-order valence-electron chi connectivity index (χ0n) is 17.7. The number of carbonyl (C=O) groups excluding carboxylic acids is 2. The van der Waals surface area contributed by atoms with E-state index in [1.165, 1.54) is 11.3 Å². The molecule has 3 aromatic heterocycles. The van der Waals surface area contributed by atoms with Crippen LogP contribution in [0.1, 0.15) is 54.6 Å². The monoisotopic (exact) mass is 429 g/mol. The number of rotatable bonds is 6. The topological polar surface area (TPSA) is 120 Å². The molecule has 3 rings (SSSR count). The van der Waals surface area contributed by atoms with Crippen molar-refractivity contribution in [1.82, 2.24) is 25.6 Å². The van der Waals surface area contributed by atoms with Gasteiger partial charge in [-0.3, -0.25) is 9.59 Å². The van der Waals surface area contributed by atoms with Gasteiger partial charge in [0, 0.05) is 18.3 Å². The average molecular weight is 430 g/mol. The molecule has 8 nitrogen and oxygen atoms in total. The number of aromatic amines is 1. The molecule has 0 aliphatic heterocycles. The largest absolute Gasteiger partial charge is 0.394 e. The second kappa shape index (κ2) is 8.53. The fourth-order valence-electron chi connectivity index (χ4n) is 2.61. The molecule has 2 atom stereocenters. The summed E-state index contributed by atoms with van der Waals surface area (Å²) in [5.41, 5.74) is 1.96. The number of H-pyrrole nitrogens is 1. The smallest absolute Gasteiger partial charge is 0.261 e. The summed E-state index contributed by atoms with van der Waals surface area (Å²) in [5, 5.41) is 14.8. The maximum Gasteiger partial charge on any atom is 0.261 e. The minimum absolute atomic E-state index is 0.0224. The lowest BCUT2D eigenvalue weighted by molar-refractivity contribution is 0.0908. The zero-order valence-corrected chi connectivity index (χ0v) is 18.6. The first-order valence-electron chi connectivity index (χ1n) is 9.77. The zero-order chi connectivity index (χ0) is 22.1. The van der Waals surface area contributed by atoms with Gasteiger partial charge in [-0.25, -0.2) is 9.97 Å². The first-order chi connectivity index (χ1) is 14.1. The summed E-state index contributed by atoms with van der Waals surface area (Å²) in [5.74, 6) is -0.459. The molecular formula is C21H27N5O3S. The van der Waals surface area contributed by atoms with Crippen molar-refractivity contribution >= 4 is 34.3 Å². The fourth-order valence-corrected chi connectivity index (χ4v) is 3.48. The number of carbonyl (C=O) groups is 2. The second-order valence-corrected chi connectivity index (χ2v) is 9.52. The highest BCUT2D eigenvalue weighted by atomic mass is 32.1. The lowest BCUT2D eigenvalue weighted by atomic mass is 9.88. The summed E-state index contributed by atoms with van der Waals surface area (Å²) in [4.78, 5) is 38.3. The van der Waals surface area contributed by atoms with E-state index in [-0.39, 0.29) is 35.9 Å². The van der Waals surface area contributed by atoms with Gasteiger partial charge in [0.1, 0.15) is 5.52 Å². The Labute approximate surface area is 179 Å². The lowest BCUT2D eigenvalue weighted by Gasteiger charge is -2.27. The number of hydrogen-bond donors (Lipinski definition) is 4. The molecule has 0 bridgehead atoms. The molecule has 0 fully saturated rings. The normalized spacial score (nSPS) is 13.8. The van der Waals surface area contributed by atoms with Gasteiger partial charge in [0.2, 0.25) is 0 Å². The first kappa shape index (κ1) is 21.9. The maximum atomic E-state index is 12.8. The van der Waals surface area contributed by atoms with Crippen LogP contribution in [0.5, 0.6) is 0 Å². The third-order valence-electron chi connectivity index (χ3n) is 5.01. The van der Waals surface area contributed by atoms with Crippen molar-refractivity contribution in [1.29, 1.82) is 0 Å². The van der Waals surface area contributed by atoms with Crippen LogP contribution in [0.25, 0.3) is 21.7 Å². The number of nitrogens with one attached hydrogen (secondary N) is 3. The molecule has 30 heavy (non-hydrogen) atoms. The Kier molecular flexibility index (Phi) is 6.23. The van der Waals surface area contributed by atoms with Crippen molar-refractivity contribution in [2.45, 2.75) is 46.7 Å². The van der Waals surface area contributed by atoms with E-state index in [9.17, 15) is 9.59 Å². The highest BCUT2D eigenvalue weighted by molar-refractivity contribution is 7.17. The Hall–Kier alpha value is -2.78. The van der Waals surface area contributed by atoms with Gasteiger partial charge in [0.05, 0.1) is 33.8 Å². The second-order valence-electron chi connectivity index (χ2n) is 8.44. The van der Waals surface area contributed by atoms with Crippen molar-refractivity contribution < 1.29 is 14.7 Å². The third-order valence-corrected chi connectivity index (χ3v) is 6.11. The number of hydrogen-bond acceptors (Lipinski definition) is 6. The van der Waals surface area contributed by atoms with Gasteiger partial charge in [0.25, 0.3) is 11.8 Å². The molecule has 0 spiro atoms. The number of aliphatic hydroxyl groups is 1. The van der Waals surface area contributed by atoms with E-state index in [1.54, 1.807) is 31.5 Å². The number of amides is 2. The van der Waals surface area contributed by atoms with E-state index >= 15 is 0 Å². The van der Waals surface area contributed by atoms with Gasteiger partial charge in [0.15, 0.2) is 5.65 Å². The van der Waals surface area contributed by atoms with E-state index in [0.29, 0.717) is 27.3 Å². The third kappa shape index (κ3) is 4.68. The molecule has 9 heteroatoms. The molecule has 0 aromatic carbocycles. The van der Waals surface area contributed by atoms with Crippen LogP contribution in [-0.2, 0) is 0 Å². The molecule has 0 saturated heterocycles. The highest BCUT2D eigenvalue weighted by Crippen LogP contribution is 2.28. The molecule has 0 saturated carbocycles. The SMILES string of the molecule is C[C@H](CO)NC(=O)c1ccc(-c2cnc3[nH]cc(C(=O)N[C@@H](C)C(C)(C)C)c3n2)s1. The minimum atomic E-state index is -0.324. The van der Waals surface area contributed by atoms with Gasteiger partial charge >= 0.3 is 0 Å². The Morgan fingerprint density at radius 2 is 1.93 bits per heavy atom. The molecule has 0 aliphatic carbocycles. The van der Waals surface area contributed by atoms with Crippen molar-refractivity contribution in [3.05, 3.63) is 35.0 Å². The van der Waals surface area contributed by atoms with Crippen molar-refractivity contribution in [2.75, 3.05) is 6.61 Å². The van der Waals surface area contributed by atoms with E-state index in [0.717, 1.165) is 4.88 Å². The number of thiophene rings is 1. The summed E-state index contributed by atoms with van der Waals surface area (Å²) in [6.07, 6.45) is 3.23. The van der Waals surface area contributed by atoms with E-state index in [2.05, 4.69) is 46.4 Å². The summed E-state index contributed by atoms with van der Waals surface area (Å²) >= 11 is 1.28. The molecule has 0 unspecified atom stereocenters. The van der Waals surface area contributed by atoms with Crippen LogP contribution in [0.15, 0.2) is 24.5 Å². The molecule has 3 heterocycles. The lowest BCUT2D eigenvalue weighted by Crippen LogP contribution is -2.41. The van der Waals surface area contributed by atoms with Crippen molar-refractivity contribution in [2.24, 2.45) is 5.41 Å². The van der Waals surface area contributed by atoms with Crippen LogP contribution in [-0.4, -0.2) is 50.6 Å². The van der Waals surface area contributed by atoms with Gasteiger partial charge in [-0.2, -0.15) is 0 Å².